The lowest BCUT2D eigenvalue weighted by Gasteiger charge is -2.48. The molecule has 9 atom stereocenters. The van der Waals surface area contributed by atoms with E-state index in [0.717, 1.165) is 0 Å². The molecule has 1 amide bonds. The Kier molecular flexibility index (Phi) is 22.8. The molecule has 0 aromatic rings. The van der Waals surface area contributed by atoms with Crippen LogP contribution >= 0.6 is 0 Å². The van der Waals surface area contributed by atoms with Gasteiger partial charge in [0.05, 0.1) is 67.1 Å². The number of fused-ring (bicyclic) bond motifs is 6. The standard InChI is InChI=1S/C60H93N5O16Si/c1-18-79-82(80-19-2,81-20-3)31-21-30-61-44(66)34-58(9)38(22-25-45(67)73-12)42-33-43-56(6,7)39(23-26-46(68)74-13)51(63-43)36(4)53-57(8,29-28-48(70)76-15)41(32-49(71)77-16)55(64-53)60(11)59(10,35-50(72)78-17)40(24-27-47(69)75-14)52(65-60)37(5)54(58)62-42/h33,38-41,55,62H,18-32,34-35H2,1-17H3,(H,61,66)/b42-33-,51-36?,54-37-/t38-,39-,40-,41+,55?,57-,58+,59+,60+/m1/s1. The summed E-state index contributed by atoms with van der Waals surface area (Å²) in [5.74, 6) is -5.56. The van der Waals surface area contributed by atoms with Crippen LogP contribution in [0.4, 0.5) is 0 Å². The van der Waals surface area contributed by atoms with Gasteiger partial charge in [0.1, 0.15) is 0 Å². The van der Waals surface area contributed by atoms with Gasteiger partial charge in [-0.1, -0.05) is 34.6 Å². The first-order chi connectivity index (χ1) is 38.6. The number of ether oxygens (including phenoxy) is 6. The van der Waals surface area contributed by atoms with Gasteiger partial charge in [-0.15, -0.1) is 0 Å². The third-order valence-electron chi connectivity index (χ3n) is 18.7. The van der Waals surface area contributed by atoms with Crippen molar-refractivity contribution in [3.63, 3.8) is 0 Å². The van der Waals surface area contributed by atoms with Gasteiger partial charge in [0.2, 0.25) is 5.91 Å². The Hall–Kier alpha value is -5.58. The van der Waals surface area contributed by atoms with Gasteiger partial charge in [0, 0.05) is 144 Å². The van der Waals surface area contributed by atoms with Crippen molar-refractivity contribution in [1.29, 1.82) is 0 Å². The summed E-state index contributed by atoms with van der Waals surface area (Å²) in [5, 5.41) is 7.00. The van der Waals surface area contributed by atoms with Gasteiger partial charge in [-0.2, -0.15) is 0 Å². The van der Waals surface area contributed by atoms with Crippen molar-refractivity contribution in [1.82, 2.24) is 10.6 Å². The summed E-state index contributed by atoms with van der Waals surface area (Å²) in [6, 6.07) is -0.436. The summed E-state index contributed by atoms with van der Waals surface area (Å²) in [6.45, 7) is 23.0. The molecule has 0 aliphatic carbocycles. The lowest BCUT2D eigenvalue weighted by atomic mass is 9.55. The van der Waals surface area contributed by atoms with Crippen LogP contribution in [0, 0.1) is 45.3 Å². The molecule has 2 N–H and O–H groups in total. The molecule has 0 spiro atoms. The number of allylic oxidation sites excluding steroid dienone is 6. The van der Waals surface area contributed by atoms with Crippen LogP contribution in [0.2, 0.25) is 6.04 Å². The van der Waals surface area contributed by atoms with E-state index in [1.54, 1.807) is 0 Å². The number of carbonyl (C=O) groups excluding carboxylic acids is 7. The largest absolute Gasteiger partial charge is 0.500 e. The van der Waals surface area contributed by atoms with Crippen molar-refractivity contribution >= 4 is 67.7 Å². The molecule has 22 heteroatoms. The highest BCUT2D eigenvalue weighted by molar-refractivity contribution is 6.60. The molecule has 21 nitrogen and oxygen atoms in total. The lowest BCUT2D eigenvalue weighted by Crippen LogP contribution is -2.55. The lowest BCUT2D eigenvalue weighted by molar-refractivity contribution is -0.147. The molecule has 1 unspecified atom stereocenters. The molecule has 0 aromatic carbocycles. The first kappa shape index (κ1) is 67.2. The van der Waals surface area contributed by atoms with E-state index in [2.05, 4.69) is 24.5 Å². The zero-order chi connectivity index (χ0) is 61.2. The quantitative estimate of drug-likeness (QED) is 0.0326. The predicted octanol–water partition coefficient (Wildman–Crippen LogP) is 7.92. The summed E-state index contributed by atoms with van der Waals surface area (Å²) >= 11 is 0. The first-order valence-electron chi connectivity index (χ1n) is 28.9. The minimum Gasteiger partial charge on any atom is -0.469 e. The zero-order valence-corrected chi connectivity index (χ0v) is 52.9. The van der Waals surface area contributed by atoms with E-state index in [0.29, 0.717) is 84.1 Å². The van der Waals surface area contributed by atoms with E-state index in [1.807, 2.05) is 68.4 Å². The van der Waals surface area contributed by atoms with Gasteiger partial charge in [-0.05, 0) is 90.9 Å². The molecule has 1 fully saturated rings. The molecule has 5 aliphatic rings. The van der Waals surface area contributed by atoms with E-state index in [1.165, 1.54) is 42.7 Å². The van der Waals surface area contributed by atoms with Crippen molar-refractivity contribution in [2.24, 2.45) is 60.3 Å². The Balaban J connectivity index is 1.95. The molecule has 8 bridgehead atoms. The van der Waals surface area contributed by atoms with Crippen molar-refractivity contribution < 1.29 is 75.3 Å². The highest BCUT2D eigenvalue weighted by Crippen LogP contribution is 2.62. The second-order valence-corrected chi connectivity index (χ2v) is 26.3. The predicted molar refractivity (Wildman–Crippen MR) is 309 cm³/mol. The Labute approximate surface area is 486 Å². The van der Waals surface area contributed by atoms with Crippen molar-refractivity contribution in [3.8, 4) is 0 Å². The number of rotatable bonds is 28. The van der Waals surface area contributed by atoms with Crippen LogP contribution in [0.5, 0.6) is 0 Å². The van der Waals surface area contributed by atoms with Crippen LogP contribution < -0.4 is 10.6 Å². The maximum absolute atomic E-state index is 14.9. The van der Waals surface area contributed by atoms with Crippen LogP contribution in [0.3, 0.4) is 0 Å². The Morgan fingerprint density at radius 2 is 1.15 bits per heavy atom. The van der Waals surface area contributed by atoms with Crippen molar-refractivity contribution in [3.05, 3.63) is 34.3 Å². The summed E-state index contributed by atoms with van der Waals surface area (Å²) in [6.07, 6.45) is 2.88. The number of carbonyl (C=O) groups is 7. The number of aliphatic imine (C=N–C) groups is 3. The van der Waals surface area contributed by atoms with Crippen LogP contribution in [-0.4, -0.2) is 148 Å². The molecular formula is C60H93N5O16Si. The average molecular weight is 1170 g/mol. The SMILES string of the molecule is CCO[Si](CCCNC(=O)C[C@]1(C)/C2=C(\C)C3=N[C@@](C)(C4N=C(C(C)=C5N=C(/C=C(\N2)[C@H]1CCC(=O)OC)C(C)(C)[C@@H]5CCC(=O)OC)[C@](C)(CCC(=O)OC)[C@H]4CC(=O)OC)[C@@](C)(CC(=O)OC)[C@@H]3CCC(=O)OC)(OCC)OCC. The second kappa shape index (κ2) is 27.9. The van der Waals surface area contributed by atoms with Gasteiger partial charge in [0.25, 0.3) is 0 Å². The van der Waals surface area contributed by atoms with Crippen LogP contribution in [0.15, 0.2) is 49.3 Å². The first-order valence-corrected chi connectivity index (χ1v) is 30.9. The van der Waals surface area contributed by atoms with Crippen LogP contribution in [-0.2, 0) is 75.3 Å². The number of hydrogen-bond acceptors (Lipinski definition) is 20. The topological polar surface area (TPSA) is 264 Å². The normalized spacial score (nSPS) is 29.6. The van der Waals surface area contributed by atoms with E-state index < -0.39 is 102 Å². The Morgan fingerprint density at radius 3 is 1.67 bits per heavy atom. The summed E-state index contributed by atoms with van der Waals surface area (Å²) in [4.78, 5) is 113. The fourth-order valence-corrected chi connectivity index (χ4v) is 16.5. The number of amides is 1. The third-order valence-corrected chi connectivity index (χ3v) is 21.8. The molecule has 5 heterocycles. The Bertz CT molecular complexity index is 2610. The number of esters is 6. The van der Waals surface area contributed by atoms with Gasteiger partial charge in [-0.25, -0.2) is 0 Å². The minimum absolute atomic E-state index is 0.00415. The molecule has 458 valence electrons. The van der Waals surface area contributed by atoms with Crippen molar-refractivity contribution in [2.75, 3.05) is 69.0 Å². The zero-order valence-electron chi connectivity index (χ0n) is 51.9. The Morgan fingerprint density at radius 1 is 0.634 bits per heavy atom. The minimum atomic E-state index is -3.04. The molecule has 5 rings (SSSR count). The highest BCUT2D eigenvalue weighted by atomic mass is 28.4. The van der Waals surface area contributed by atoms with Crippen molar-refractivity contribution in [2.45, 2.75) is 171 Å². The molecule has 0 radical (unpaired) electrons. The molecule has 0 saturated carbocycles. The molecule has 82 heavy (non-hydrogen) atoms. The highest BCUT2D eigenvalue weighted by Gasteiger charge is 2.67. The number of hydrogen-bond donors (Lipinski definition) is 2. The third kappa shape index (κ3) is 13.7. The molecule has 5 aliphatic heterocycles. The van der Waals surface area contributed by atoms with E-state index in [-0.39, 0.29) is 76.7 Å². The number of nitrogens with one attached hydrogen (secondary N) is 2. The summed E-state index contributed by atoms with van der Waals surface area (Å²) < 4.78 is 50.2. The van der Waals surface area contributed by atoms with Gasteiger partial charge in [-0.3, -0.25) is 48.5 Å². The molecule has 0 aromatic heterocycles. The van der Waals surface area contributed by atoms with Gasteiger partial charge in [0.15, 0.2) is 0 Å². The summed E-state index contributed by atoms with van der Waals surface area (Å²) in [5.41, 5.74) is -0.620. The van der Waals surface area contributed by atoms with Crippen LogP contribution in [0.25, 0.3) is 0 Å². The smallest absolute Gasteiger partial charge is 0.469 e. The van der Waals surface area contributed by atoms with Crippen LogP contribution in [0.1, 0.15) is 153 Å². The van der Waals surface area contributed by atoms with E-state index in [9.17, 15) is 33.6 Å². The van der Waals surface area contributed by atoms with Gasteiger partial charge < -0.3 is 52.3 Å². The number of methoxy groups -OCH3 is 6. The monoisotopic (exact) mass is 1170 g/mol. The maximum atomic E-state index is 14.9. The molecule has 1 saturated heterocycles. The second-order valence-electron chi connectivity index (χ2n) is 23.6. The summed E-state index contributed by atoms with van der Waals surface area (Å²) in [7, 11) is 4.90. The fourth-order valence-electron chi connectivity index (χ4n) is 13.9. The van der Waals surface area contributed by atoms with E-state index in [4.69, 9.17) is 56.7 Å². The van der Waals surface area contributed by atoms with E-state index >= 15 is 0 Å². The average Bonchev–Trinajstić information content (AvgIpc) is 3.57. The fraction of sp³-hybridized carbons (Fsp3) is 0.733. The van der Waals surface area contributed by atoms with Gasteiger partial charge >= 0.3 is 44.6 Å². The number of nitrogens with zero attached hydrogens (tertiary/aromatic N) is 3. The molecular weight excluding hydrogens is 1070 g/mol. The maximum Gasteiger partial charge on any atom is 0.500 e.